The Morgan fingerprint density at radius 3 is 2.90 bits per heavy atom. The second-order valence-corrected chi connectivity index (χ2v) is 6.46. The van der Waals surface area contributed by atoms with Gasteiger partial charge in [0, 0.05) is 11.4 Å². The molecule has 2 aromatic rings. The van der Waals surface area contributed by atoms with Crippen LogP contribution >= 0.6 is 11.3 Å². The highest BCUT2D eigenvalue weighted by Crippen LogP contribution is 2.37. The first-order chi connectivity index (χ1) is 9.69. The van der Waals surface area contributed by atoms with Crippen LogP contribution in [0.15, 0.2) is 0 Å². The first-order valence-corrected chi connectivity index (χ1v) is 7.86. The van der Waals surface area contributed by atoms with Gasteiger partial charge in [-0.15, -0.1) is 11.3 Å². The van der Waals surface area contributed by atoms with Crippen LogP contribution in [0.25, 0.3) is 10.2 Å². The first-order valence-electron chi connectivity index (χ1n) is 7.05. The number of nitrogen functional groups attached to an aromatic ring is 1. The number of thiophene rings is 1. The van der Waals surface area contributed by atoms with E-state index in [0.29, 0.717) is 18.9 Å². The van der Waals surface area contributed by atoms with Gasteiger partial charge in [-0.25, -0.2) is 9.97 Å². The minimum Gasteiger partial charge on any atom is -0.395 e. The molecule has 0 atom stereocenters. The summed E-state index contributed by atoms with van der Waals surface area (Å²) in [5.74, 6) is 1.35. The molecule has 0 spiro atoms. The van der Waals surface area contributed by atoms with Crippen LogP contribution in [0.4, 0.5) is 5.82 Å². The molecule has 1 aliphatic rings. The molecule has 5 nitrogen and oxygen atoms in total. The third kappa shape index (κ3) is 2.51. The summed E-state index contributed by atoms with van der Waals surface area (Å²) in [6.07, 6.45) is 4.75. The monoisotopic (exact) mass is 292 g/mol. The number of aromatic nitrogens is 2. The molecule has 2 heterocycles. The predicted octanol–water partition coefficient (Wildman–Crippen LogP) is 1.58. The van der Waals surface area contributed by atoms with Crippen LogP contribution in [0.5, 0.6) is 0 Å². The fourth-order valence-electron chi connectivity index (χ4n) is 2.79. The van der Waals surface area contributed by atoms with Crippen LogP contribution < -0.4 is 5.73 Å². The number of nitrogens with two attached hydrogens (primary N) is 1. The Hall–Kier alpha value is -1.24. The third-order valence-electron chi connectivity index (χ3n) is 3.78. The molecule has 0 radical (unpaired) electrons. The summed E-state index contributed by atoms with van der Waals surface area (Å²) in [5.41, 5.74) is 7.54. The standard InChI is InChI=1S/C14H20N4OS/c1-18(6-7-19)8-11-16-13(15)12-9-4-2-3-5-10(9)20-14(12)17-11/h19H,2-8H2,1H3,(H2,15,16,17). The van der Waals surface area contributed by atoms with Crippen molar-refractivity contribution in [2.45, 2.75) is 32.2 Å². The van der Waals surface area contributed by atoms with Gasteiger partial charge in [-0.3, -0.25) is 4.90 Å². The smallest absolute Gasteiger partial charge is 0.146 e. The minimum atomic E-state index is 0.140. The zero-order chi connectivity index (χ0) is 14.1. The Kier molecular flexibility index (Phi) is 3.87. The van der Waals surface area contributed by atoms with Gasteiger partial charge in [0.05, 0.1) is 18.5 Å². The SMILES string of the molecule is CN(CCO)Cc1nc(N)c2c3c(sc2n1)CCCC3. The molecule has 0 unspecified atom stereocenters. The largest absolute Gasteiger partial charge is 0.395 e. The molecule has 0 aliphatic heterocycles. The number of fused-ring (bicyclic) bond motifs is 3. The molecule has 0 saturated carbocycles. The fourth-order valence-corrected chi connectivity index (χ4v) is 4.08. The summed E-state index contributed by atoms with van der Waals surface area (Å²) in [4.78, 5) is 13.6. The van der Waals surface area contributed by atoms with Gasteiger partial charge in [0.15, 0.2) is 0 Å². The number of anilines is 1. The van der Waals surface area contributed by atoms with Crippen LogP contribution in [-0.4, -0.2) is 40.2 Å². The highest BCUT2D eigenvalue weighted by molar-refractivity contribution is 7.19. The van der Waals surface area contributed by atoms with Crippen molar-refractivity contribution in [1.29, 1.82) is 0 Å². The van der Waals surface area contributed by atoms with Crippen molar-refractivity contribution >= 4 is 27.4 Å². The van der Waals surface area contributed by atoms with Crippen molar-refractivity contribution < 1.29 is 5.11 Å². The number of rotatable bonds is 4. The number of aryl methyl sites for hydroxylation is 2. The molecular weight excluding hydrogens is 272 g/mol. The topological polar surface area (TPSA) is 75.3 Å². The van der Waals surface area contributed by atoms with Crippen molar-refractivity contribution in [3.05, 3.63) is 16.3 Å². The van der Waals surface area contributed by atoms with Crippen LogP contribution in [0.3, 0.4) is 0 Å². The summed E-state index contributed by atoms with van der Waals surface area (Å²) in [5, 5.41) is 10.0. The highest BCUT2D eigenvalue weighted by Gasteiger charge is 2.20. The number of aliphatic hydroxyl groups excluding tert-OH is 1. The van der Waals surface area contributed by atoms with Gasteiger partial charge in [0.1, 0.15) is 16.5 Å². The average Bonchev–Trinajstić information content (AvgIpc) is 2.77. The lowest BCUT2D eigenvalue weighted by Crippen LogP contribution is -2.23. The van der Waals surface area contributed by atoms with E-state index in [-0.39, 0.29) is 6.61 Å². The van der Waals surface area contributed by atoms with Gasteiger partial charge in [-0.05, 0) is 38.3 Å². The number of aliphatic hydroxyl groups is 1. The molecule has 0 fully saturated rings. The van der Waals surface area contributed by atoms with Gasteiger partial charge >= 0.3 is 0 Å². The van der Waals surface area contributed by atoms with Crippen LogP contribution in [0, 0.1) is 0 Å². The van der Waals surface area contributed by atoms with Crippen molar-refractivity contribution in [1.82, 2.24) is 14.9 Å². The van der Waals surface area contributed by atoms with Gasteiger partial charge in [-0.2, -0.15) is 0 Å². The Bertz CT molecular complexity index is 625. The summed E-state index contributed by atoms with van der Waals surface area (Å²) in [6.45, 7) is 1.37. The molecule has 1 aliphatic carbocycles. The average molecular weight is 292 g/mol. The van der Waals surface area contributed by atoms with Crippen molar-refractivity contribution in [2.24, 2.45) is 0 Å². The maximum absolute atomic E-state index is 8.95. The minimum absolute atomic E-state index is 0.140. The first kappa shape index (κ1) is 13.7. The van der Waals surface area contributed by atoms with Gasteiger partial charge in [-0.1, -0.05) is 0 Å². The van der Waals surface area contributed by atoms with Crippen molar-refractivity contribution in [3.8, 4) is 0 Å². The molecule has 108 valence electrons. The normalized spacial score (nSPS) is 14.9. The van der Waals surface area contributed by atoms with E-state index in [1.807, 2.05) is 11.9 Å². The van der Waals surface area contributed by atoms with Gasteiger partial charge in [0.2, 0.25) is 0 Å². The maximum atomic E-state index is 8.95. The Balaban J connectivity index is 1.97. The summed E-state index contributed by atoms with van der Waals surface area (Å²) in [6, 6.07) is 0. The van der Waals surface area contributed by atoms with E-state index >= 15 is 0 Å². The number of likely N-dealkylation sites (N-methyl/N-ethyl adjacent to an activating group) is 1. The van der Waals surface area contributed by atoms with Crippen LogP contribution in [0.2, 0.25) is 0 Å². The zero-order valence-electron chi connectivity index (χ0n) is 11.7. The molecule has 3 rings (SSSR count). The quantitative estimate of drug-likeness (QED) is 0.895. The lowest BCUT2D eigenvalue weighted by Gasteiger charge is -2.14. The Labute approximate surface area is 122 Å². The lowest BCUT2D eigenvalue weighted by atomic mass is 9.97. The fraction of sp³-hybridized carbons (Fsp3) is 0.571. The van der Waals surface area contributed by atoms with E-state index in [1.54, 1.807) is 11.3 Å². The number of hydrogen-bond donors (Lipinski definition) is 2. The summed E-state index contributed by atoms with van der Waals surface area (Å²) in [7, 11) is 1.94. The van der Waals surface area contributed by atoms with Gasteiger partial charge in [0.25, 0.3) is 0 Å². The second kappa shape index (κ2) is 5.63. The van der Waals surface area contributed by atoms with Crippen molar-refractivity contribution in [2.75, 3.05) is 25.9 Å². The molecule has 6 heteroatoms. The maximum Gasteiger partial charge on any atom is 0.146 e. The summed E-state index contributed by atoms with van der Waals surface area (Å²) >= 11 is 1.77. The van der Waals surface area contributed by atoms with Crippen LogP contribution in [-0.2, 0) is 19.4 Å². The van der Waals surface area contributed by atoms with E-state index in [0.717, 1.165) is 28.9 Å². The molecule has 0 saturated heterocycles. The van der Waals surface area contributed by atoms with E-state index in [1.165, 1.54) is 23.3 Å². The zero-order valence-corrected chi connectivity index (χ0v) is 12.5. The Morgan fingerprint density at radius 2 is 2.10 bits per heavy atom. The molecule has 0 bridgehead atoms. The molecule has 2 aromatic heterocycles. The highest BCUT2D eigenvalue weighted by atomic mass is 32.1. The Morgan fingerprint density at radius 1 is 1.30 bits per heavy atom. The molecular formula is C14H20N4OS. The summed E-state index contributed by atoms with van der Waals surface area (Å²) < 4.78 is 0. The number of hydrogen-bond acceptors (Lipinski definition) is 6. The lowest BCUT2D eigenvalue weighted by molar-refractivity contribution is 0.215. The van der Waals surface area contributed by atoms with E-state index < -0.39 is 0 Å². The number of nitrogens with zero attached hydrogens (tertiary/aromatic N) is 3. The van der Waals surface area contributed by atoms with E-state index in [4.69, 9.17) is 10.8 Å². The predicted molar refractivity (Wildman–Crippen MR) is 81.9 cm³/mol. The second-order valence-electron chi connectivity index (χ2n) is 5.38. The van der Waals surface area contributed by atoms with Crippen LogP contribution in [0.1, 0.15) is 29.1 Å². The van der Waals surface area contributed by atoms with Crippen molar-refractivity contribution in [3.63, 3.8) is 0 Å². The molecule has 20 heavy (non-hydrogen) atoms. The molecule has 3 N–H and O–H groups in total. The molecule has 0 amide bonds. The third-order valence-corrected chi connectivity index (χ3v) is 4.97. The van der Waals surface area contributed by atoms with E-state index in [9.17, 15) is 0 Å². The molecule has 0 aromatic carbocycles. The van der Waals surface area contributed by atoms with Gasteiger partial charge < -0.3 is 10.8 Å². The van der Waals surface area contributed by atoms with E-state index in [2.05, 4.69) is 9.97 Å².